The van der Waals surface area contributed by atoms with Crippen LogP contribution in [0.3, 0.4) is 0 Å². The van der Waals surface area contributed by atoms with Gasteiger partial charge in [-0.3, -0.25) is 4.79 Å². The van der Waals surface area contributed by atoms with E-state index in [9.17, 15) is 4.79 Å². The molecule has 0 aliphatic heterocycles. The average molecular weight is 318 g/mol. The van der Waals surface area contributed by atoms with Gasteiger partial charge in [-0.25, -0.2) is 5.43 Å². The van der Waals surface area contributed by atoms with Crippen LogP contribution in [-0.4, -0.2) is 19.2 Å². The molecule has 0 aromatic heterocycles. The first-order chi connectivity index (χ1) is 11.7. The Morgan fingerprint density at radius 1 is 1.04 bits per heavy atom. The molecule has 0 bridgehead atoms. The van der Waals surface area contributed by atoms with Crippen LogP contribution in [0.25, 0.3) is 10.8 Å². The van der Waals surface area contributed by atoms with Gasteiger partial charge >= 0.3 is 0 Å². The number of rotatable bonds is 5. The first-order valence-corrected chi connectivity index (χ1v) is 7.68. The topological polar surface area (TPSA) is 50.7 Å². The second kappa shape index (κ2) is 7.42. The van der Waals surface area contributed by atoms with Gasteiger partial charge in [0.2, 0.25) is 5.91 Å². The number of benzene rings is 3. The lowest BCUT2D eigenvalue weighted by atomic mass is 10.1. The number of nitrogens with one attached hydrogen (secondary N) is 1. The van der Waals surface area contributed by atoms with E-state index in [0.717, 1.165) is 27.6 Å². The molecule has 0 unspecified atom stereocenters. The molecule has 4 heteroatoms. The molecule has 3 aromatic carbocycles. The van der Waals surface area contributed by atoms with Crippen molar-refractivity contribution in [3.63, 3.8) is 0 Å². The zero-order chi connectivity index (χ0) is 16.8. The lowest BCUT2D eigenvalue weighted by Crippen LogP contribution is -2.19. The van der Waals surface area contributed by atoms with E-state index in [-0.39, 0.29) is 5.91 Å². The maximum atomic E-state index is 11.8. The zero-order valence-electron chi connectivity index (χ0n) is 13.4. The fourth-order valence-electron chi connectivity index (χ4n) is 2.45. The van der Waals surface area contributed by atoms with E-state index in [1.54, 1.807) is 13.3 Å². The largest absolute Gasteiger partial charge is 0.497 e. The highest BCUT2D eigenvalue weighted by molar-refractivity contribution is 5.91. The molecule has 0 spiro atoms. The number of ether oxygens (including phenoxy) is 1. The van der Waals surface area contributed by atoms with E-state index in [0.29, 0.717) is 6.42 Å². The summed E-state index contributed by atoms with van der Waals surface area (Å²) < 4.78 is 5.22. The summed E-state index contributed by atoms with van der Waals surface area (Å²) >= 11 is 0. The Hall–Kier alpha value is -3.14. The van der Waals surface area contributed by atoms with Crippen molar-refractivity contribution in [2.75, 3.05) is 7.11 Å². The molecule has 0 aliphatic carbocycles. The maximum absolute atomic E-state index is 11.8. The van der Waals surface area contributed by atoms with E-state index in [2.05, 4.69) is 10.5 Å². The van der Waals surface area contributed by atoms with Crippen LogP contribution in [0.4, 0.5) is 0 Å². The molecule has 0 heterocycles. The van der Waals surface area contributed by atoms with Crippen LogP contribution < -0.4 is 10.2 Å². The quantitative estimate of drug-likeness (QED) is 0.578. The zero-order valence-corrected chi connectivity index (χ0v) is 13.4. The molecular weight excluding hydrogens is 300 g/mol. The van der Waals surface area contributed by atoms with Gasteiger partial charge in [-0.05, 0) is 40.1 Å². The third-order valence-corrected chi connectivity index (χ3v) is 3.68. The predicted octanol–water partition coefficient (Wildman–Crippen LogP) is 3.54. The number of hydrogen-bond donors (Lipinski definition) is 1. The van der Waals surface area contributed by atoms with Crippen molar-refractivity contribution in [3.05, 3.63) is 77.9 Å². The van der Waals surface area contributed by atoms with E-state index in [1.165, 1.54) is 0 Å². The van der Waals surface area contributed by atoms with Crippen molar-refractivity contribution in [1.29, 1.82) is 0 Å². The van der Waals surface area contributed by atoms with Crippen molar-refractivity contribution >= 4 is 22.9 Å². The molecule has 0 saturated heterocycles. The normalized spacial score (nSPS) is 10.9. The van der Waals surface area contributed by atoms with Gasteiger partial charge in [-0.2, -0.15) is 5.10 Å². The van der Waals surface area contributed by atoms with Gasteiger partial charge in [0.25, 0.3) is 0 Å². The Labute approximate surface area is 140 Å². The molecular formula is C20H18N2O2. The Morgan fingerprint density at radius 2 is 1.79 bits per heavy atom. The van der Waals surface area contributed by atoms with Gasteiger partial charge in [0.05, 0.1) is 19.7 Å². The molecule has 0 aliphatic rings. The minimum absolute atomic E-state index is 0.136. The monoisotopic (exact) mass is 318 g/mol. The molecule has 0 atom stereocenters. The number of amides is 1. The van der Waals surface area contributed by atoms with Crippen molar-refractivity contribution in [1.82, 2.24) is 5.43 Å². The third kappa shape index (κ3) is 3.98. The van der Waals surface area contributed by atoms with Crippen LogP contribution in [0.5, 0.6) is 5.75 Å². The SMILES string of the molecule is COc1ccc2cc(C=NNC(=O)Cc3ccccc3)ccc2c1. The van der Waals surface area contributed by atoms with Gasteiger partial charge in [0.15, 0.2) is 0 Å². The van der Waals surface area contributed by atoms with Crippen molar-refractivity contribution in [2.24, 2.45) is 5.10 Å². The Kier molecular flexibility index (Phi) is 4.87. The van der Waals surface area contributed by atoms with Crippen LogP contribution in [-0.2, 0) is 11.2 Å². The van der Waals surface area contributed by atoms with Gasteiger partial charge in [0, 0.05) is 0 Å². The number of carbonyl (C=O) groups is 1. The van der Waals surface area contributed by atoms with Crippen LogP contribution in [0.1, 0.15) is 11.1 Å². The van der Waals surface area contributed by atoms with Crippen LogP contribution >= 0.6 is 0 Å². The number of hydrogen-bond acceptors (Lipinski definition) is 3. The number of fused-ring (bicyclic) bond motifs is 1. The number of carbonyl (C=O) groups excluding carboxylic acids is 1. The minimum atomic E-state index is -0.136. The highest BCUT2D eigenvalue weighted by atomic mass is 16.5. The highest BCUT2D eigenvalue weighted by Gasteiger charge is 2.01. The highest BCUT2D eigenvalue weighted by Crippen LogP contribution is 2.21. The van der Waals surface area contributed by atoms with Crippen LogP contribution in [0.15, 0.2) is 71.8 Å². The molecule has 3 aromatic rings. The number of nitrogens with zero attached hydrogens (tertiary/aromatic N) is 1. The summed E-state index contributed by atoms with van der Waals surface area (Å²) in [7, 11) is 1.65. The van der Waals surface area contributed by atoms with Crippen molar-refractivity contribution in [2.45, 2.75) is 6.42 Å². The summed E-state index contributed by atoms with van der Waals surface area (Å²) in [5.74, 6) is 0.695. The van der Waals surface area contributed by atoms with Crippen molar-refractivity contribution in [3.8, 4) is 5.75 Å². The number of hydrazone groups is 1. The fraction of sp³-hybridized carbons (Fsp3) is 0.100. The molecule has 1 amide bonds. The van der Waals surface area contributed by atoms with Gasteiger partial charge < -0.3 is 4.74 Å². The Morgan fingerprint density at radius 3 is 2.58 bits per heavy atom. The molecule has 0 saturated carbocycles. The van der Waals surface area contributed by atoms with E-state index in [4.69, 9.17) is 4.74 Å². The second-order valence-electron chi connectivity index (χ2n) is 5.43. The standard InChI is InChI=1S/C20H18N2O2/c1-24-19-10-9-17-11-16(7-8-18(17)13-19)14-21-22-20(23)12-15-5-3-2-4-6-15/h2-11,13-14H,12H2,1H3,(H,22,23). The molecule has 3 rings (SSSR count). The summed E-state index contributed by atoms with van der Waals surface area (Å²) in [6, 6.07) is 21.5. The molecule has 1 N–H and O–H groups in total. The third-order valence-electron chi connectivity index (χ3n) is 3.68. The summed E-state index contributed by atoms with van der Waals surface area (Å²) in [6.07, 6.45) is 1.96. The van der Waals surface area contributed by atoms with Gasteiger partial charge in [-0.15, -0.1) is 0 Å². The molecule has 120 valence electrons. The summed E-state index contributed by atoms with van der Waals surface area (Å²) in [5.41, 5.74) is 4.44. The minimum Gasteiger partial charge on any atom is -0.497 e. The Bertz CT molecular complexity index is 873. The lowest BCUT2D eigenvalue weighted by Gasteiger charge is -2.03. The van der Waals surface area contributed by atoms with Crippen LogP contribution in [0, 0.1) is 0 Å². The fourth-order valence-corrected chi connectivity index (χ4v) is 2.45. The van der Waals surface area contributed by atoms with Crippen molar-refractivity contribution < 1.29 is 9.53 Å². The first-order valence-electron chi connectivity index (χ1n) is 7.68. The molecule has 0 radical (unpaired) electrons. The predicted molar refractivity (Wildman–Crippen MR) is 96.4 cm³/mol. The second-order valence-corrected chi connectivity index (χ2v) is 5.43. The molecule has 4 nitrogen and oxygen atoms in total. The smallest absolute Gasteiger partial charge is 0.244 e. The van der Waals surface area contributed by atoms with Crippen LogP contribution in [0.2, 0.25) is 0 Å². The Balaban J connectivity index is 1.64. The molecule has 24 heavy (non-hydrogen) atoms. The summed E-state index contributed by atoms with van der Waals surface area (Å²) in [5, 5.41) is 6.22. The maximum Gasteiger partial charge on any atom is 0.244 e. The summed E-state index contributed by atoms with van der Waals surface area (Å²) in [6.45, 7) is 0. The first kappa shape index (κ1) is 15.7. The van der Waals surface area contributed by atoms with Gasteiger partial charge in [-0.1, -0.05) is 48.5 Å². The molecule has 0 fully saturated rings. The summed E-state index contributed by atoms with van der Waals surface area (Å²) in [4.78, 5) is 11.8. The average Bonchev–Trinajstić information content (AvgIpc) is 2.62. The number of methoxy groups -OCH3 is 1. The van der Waals surface area contributed by atoms with E-state index in [1.807, 2.05) is 66.7 Å². The van der Waals surface area contributed by atoms with E-state index < -0.39 is 0 Å². The lowest BCUT2D eigenvalue weighted by molar-refractivity contribution is -0.120. The van der Waals surface area contributed by atoms with Gasteiger partial charge in [0.1, 0.15) is 5.75 Å². The van der Waals surface area contributed by atoms with E-state index >= 15 is 0 Å².